The summed E-state index contributed by atoms with van der Waals surface area (Å²) in [6.07, 6.45) is -0.374. The van der Waals surface area contributed by atoms with Crippen LogP contribution < -0.4 is 32.5 Å². The number of ketones is 1. The fraction of sp³-hybridized carbons (Fsp3) is 0.269. The molecular formula is C26H28BrCl2N3O. The number of carbonyl (C=O) groups is 1. The zero-order valence-electron chi connectivity index (χ0n) is 18.9. The van der Waals surface area contributed by atoms with Gasteiger partial charge >= 0.3 is 0 Å². The normalized spacial score (nSPS) is 17.5. The number of benzene rings is 3. The van der Waals surface area contributed by atoms with Gasteiger partial charge in [0, 0.05) is 17.2 Å². The fourth-order valence-electron chi connectivity index (χ4n) is 4.13. The van der Waals surface area contributed by atoms with Gasteiger partial charge in [-0.1, -0.05) is 80.4 Å². The van der Waals surface area contributed by atoms with Crippen molar-refractivity contribution < 1.29 is 26.7 Å². The number of nitrogens with zero attached hydrogens (tertiary/aromatic N) is 1. The molecule has 0 radical (unpaired) electrons. The highest BCUT2D eigenvalue weighted by Gasteiger charge is 2.39. The molecule has 33 heavy (non-hydrogen) atoms. The zero-order valence-corrected chi connectivity index (χ0v) is 22.0. The molecule has 4 rings (SSSR count). The lowest BCUT2D eigenvalue weighted by atomic mass is 9.87. The van der Waals surface area contributed by atoms with Crippen molar-refractivity contribution >= 4 is 40.4 Å². The average molecular weight is 549 g/mol. The maximum absolute atomic E-state index is 13.0. The smallest absolute Gasteiger partial charge is 0.224 e. The zero-order chi connectivity index (χ0) is 23.0. The van der Waals surface area contributed by atoms with Crippen LogP contribution in [-0.2, 0) is 12.0 Å². The van der Waals surface area contributed by atoms with Crippen molar-refractivity contribution in [2.75, 3.05) is 11.4 Å². The Balaban J connectivity index is 0.00000306. The number of hydrogen-bond acceptors (Lipinski definition) is 3. The molecule has 0 aromatic heterocycles. The Morgan fingerprint density at radius 3 is 2.30 bits per heavy atom. The third-order valence-electron chi connectivity index (χ3n) is 6.02. The van der Waals surface area contributed by atoms with Gasteiger partial charge in [-0.2, -0.15) is 0 Å². The summed E-state index contributed by atoms with van der Waals surface area (Å²) in [5.74, 6) is -0.0513. The van der Waals surface area contributed by atoms with Crippen LogP contribution in [0.2, 0.25) is 10.0 Å². The summed E-state index contributed by atoms with van der Waals surface area (Å²) in [5, 5.41) is 0.800. The standard InChI is InChI=1S/C26H27Cl2N3O.BrH/c1-26(2,3)19-11-8-17(9-12-19)15-30-22-6-4-5-7-23(22)31(25(30)29)16-24(32)18-10-13-20(27)21(28)14-18;/h4-14,25H,15-16,29H2,1-3H3;1H. The number of fused-ring (bicyclic) bond motifs is 1. The minimum Gasteiger partial charge on any atom is -1.00 e. The van der Waals surface area contributed by atoms with E-state index in [4.69, 9.17) is 28.9 Å². The van der Waals surface area contributed by atoms with Crippen molar-refractivity contribution in [2.45, 2.75) is 39.0 Å². The lowest BCUT2D eigenvalue weighted by Gasteiger charge is -2.25. The first kappa shape index (κ1) is 25.7. The van der Waals surface area contributed by atoms with Crippen LogP contribution in [0.25, 0.3) is 0 Å². The number of hydrogen-bond donors (Lipinski definition) is 2. The Morgan fingerprint density at radius 1 is 1.00 bits per heavy atom. The van der Waals surface area contributed by atoms with E-state index in [0.29, 0.717) is 15.6 Å². The minimum atomic E-state index is -0.374. The molecule has 174 valence electrons. The van der Waals surface area contributed by atoms with Gasteiger partial charge in [-0.25, -0.2) is 0 Å². The second kappa shape index (κ2) is 10.2. The molecule has 0 saturated carbocycles. The molecule has 0 spiro atoms. The van der Waals surface area contributed by atoms with Crippen molar-refractivity contribution in [3.63, 3.8) is 0 Å². The van der Waals surface area contributed by atoms with Crippen LogP contribution in [0.1, 0.15) is 42.3 Å². The number of nitrogens with one attached hydrogen (secondary N) is 1. The van der Waals surface area contributed by atoms with Crippen LogP contribution in [0.4, 0.5) is 11.4 Å². The van der Waals surface area contributed by atoms with E-state index in [0.717, 1.165) is 22.8 Å². The van der Waals surface area contributed by atoms with Gasteiger partial charge in [0.1, 0.15) is 12.2 Å². The SMILES string of the molecule is CC(C)(C)c1ccc(C[NH+]2c3ccccc3N(CC(=O)c3ccc(Cl)c(Cl)c3)C2N)cc1.[Br-]. The summed E-state index contributed by atoms with van der Waals surface area (Å²) in [6.45, 7) is 7.54. The first-order valence-electron chi connectivity index (χ1n) is 10.7. The van der Waals surface area contributed by atoms with Crippen molar-refractivity contribution in [3.8, 4) is 0 Å². The summed E-state index contributed by atoms with van der Waals surface area (Å²) in [7, 11) is 0. The molecule has 0 saturated heterocycles. The third kappa shape index (κ3) is 5.44. The molecule has 0 bridgehead atoms. The molecular weight excluding hydrogens is 521 g/mol. The molecule has 1 aliphatic rings. The van der Waals surface area contributed by atoms with Gasteiger partial charge in [0.15, 0.2) is 11.5 Å². The molecule has 2 unspecified atom stereocenters. The van der Waals surface area contributed by atoms with Crippen LogP contribution in [0.5, 0.6) is 0 Å². The monoisotopic (exact) mass is 547 g/mol. The largest absolute Gasteiger partial charge is 1.00 e. The van der Waals surface area contributed by atoms with Crippen LogP contribution in [0, 0.1) is 0 Å². The molecule has 1 heterocycles. The maximum atomic E-state index is 13.0. The summed E-state index contributed by atoms with van der Waals surface area (Å²) in [6, 6.07) is 21.8. The Bertz CT molecular complexity index is 1150. The number of anilines is 1. The van der Waals surface area contributed by atoms with Crippen LogP contribution in [-0.4, -0.2) is 18.6 Å². The number of quaternary nitrogens is 1. The van der Waals surface area contributed by atoms with Crippen LogP contribution in [0.3, 0.4) is 0 Å². The van der Waals surface area contributed by atoms with Crippen LogP contribution in [0.15, 0.2) is 66.7 Å². The number of para-hydroxylation sites is 2. The van der Waals surface area contributed by atoms with Gasteiger partial charge < -0.3 is 17.0 Å². The van der Waals surface area contributed by atoms with Crippen molar-refractivity contribution in [2.24, 2.45) is 5.73 Å². The number of carbonyl (C=O) groups excluding carboxylic acids is 1. The van der Waals surface area contributed by atoms with Crippen molar-refractivity contribution in [3.05, 3.63) is 93.5 Å². The van der Waals surface area contributed by atoms with E-state index in [1.165, 1.54) is 11.1 Å². The number of rotatable bonds is 5. The van der Waals surface area contributed by atoms with E-state index in [-0.39, 0.29) is 41.0 Å². The second-order valence-corrected chi connectivity index (χ2v) is 10.1. The minimum absolute atomic E-state index is 0. The fourth-order valence-corrected chi connectivity index (χ4v) is 4.43. The van der Waals surface area contributed by atoms with Gasteiger partial charge in [-0.15, -0.1) is 0 Å². The predicted molar refractivity (Wildman–Crippen MR) is 132 cm³/mol. The Labute approximate surface area is 216 Å². The highest BCUT2D eigenvalue weighted by Crippen LogP contribution is 2.29. The highest BCUT2D eigenvalue weighted by molar-refractivity contribution is 6.42. The topological polar surface area (TPSA) is 50.8 Å². The number of halogens is 3. The second-order valence-electron chi connectivity index (χ2n) is 9.29. The Hall–Kier alpha value is -1.89. The Morgan fingerprint density at radius 2 is 1.67 bits per heavy atom. The lowest BCUT2D eigenvalue weighted by molar-refractivity contribution is -0.867. The summed E-state index contributed by atoms with van der Waals surface area (Å²) < 4.78 is 0. The van der Waals surface area contributed by atoms with Gasteiger partial charge in [-0.05, 0) is 35.2 Å². The highest BCUT2D eigenvalue weighted by atomic mass is 79.9. The molecule has 0 fully saturated rings. The number of nitrogens with two attached hydrogens (primary N) is 1. The Kier molecular flexibility index (Phi) is 7.92. The van der Waals surface area contributed by atoms with Gasteiger partial charge in [0.05, 0.1) is 16.6 Å². The maximum Gasteiger partial charge on any atom is 0.224 e. The van der Waals surface area contributed by atoms with E-state index < -0.39 is 0 Å². The van der Waals surface area contributed by atoms with E-state index in [9.17, 15) is 4.79 Å². The van der Waals surface area contributed by atoms with Gasteiger partial charge in [0.25, 0.3) is 0 Å². The first-order valence-corrected chi connectivity index (χ1v) is 11.5. The molecule has 3 aromatic rings. The molecule has 1 aliphatic heterocycles. The molecule has 0 aliphatic carbocycles. The molecule has 0 amide bonds. The quantitative estimate of drug-likeness (QED) is 0.479. The van der Waals surface area contributed by atoms with Gasteiger partial charge in [0.2, 0.25) is 6.29 Å². The molecule has 3 aromatic carbocycles. The third-order valence-corrected chi connectivity index (χ3v) is 6.76. The molecule has 7 heteroatoms. The van der Waals surface area contributed by atoms with E-state index in [1.807, 2.05) is 23.1 Å². The predicted octanol–water partition coefficient (Wildman–Crippen LogP) is 1.96. The van der Waals surface area contributed by atoms with Crippen LogP contribution >= 0.6 is 23.2 Å². The molecule has 2 atom stereocenters. The van der Waals surface area contributed by atoms with E-state index in [2.05, 4.69) is 51.1 Å². The van der Waals surface area contributed by atoms with E-state index >= 15 is 0 Å². The van der Waals surface area contributed by atoms with Crippen molar-refractivity contribution in [1.29, 1.82) is 0 Å². The average Bonchev–Trinajstić information content (AvgIpc) is 3.01. The summed E-state index contributed by atoms with van der Waals surface area (Å²) in [5.41, 5.74) is 11.9. The van der Waals surface area contributed by atoms with Crippen molar-refractivity contribution in [1.82, 2.24) is 0 Å². The van der Waals surface area contributed by atoms with Gasteiger partial charge in [-0.3, -0.25) is 20.3 Å². The number of Topliss-reactive ketones (excluding diaryl/α,β-unsaturated/α-hetero) is 1. The molecule has 4 nitrogen and oxygen atoms in total. The van der Waals surface area contributed by atoms with E-state index in [1.54, 1.807) is 18.2 Å². The molecule has 3 N–H and O–H groups in total. The lowest BCUT2D eigenvalue weighted by Crippen LogP contribution is -3.12. The first-order chi connectivity index (χ1) is 15.1. The summed E-state index contributed by atoms with van der Waals surface area (Å²) >= 11 is 12.1. The summed E-state index contributed by atoms with van der Waals surface area (Å²) in [4.78, 5) is 16.1.